The fourth-order valence-corrected chi connectivity index (χ4v) is 1.86. The van der Waals surface area contributed by atoms with E-state index in [1.807, 2.05) is 31.2 Å². The van der Waals surface area contributed by atoms with Crippen LogP contribution in [0, 0.1) is 11.3 Å². The molecule has 2 nitrogen and oxygen atoms in total. The van der Waals surface area contributed by atoms with Crippen molar-refractivity contribution in [1.82, 2.24) is 0 Å². The molecule has 0 amide bonds. The molecule has 0 spiro atoms. The molecule has 0 aliphatic heterocycles. The van der Waals surface area contributed by atoms with Crippen LogP contribution in [0.25, 0.3) is 0 Å². The van der Waals surface area contributed by atoms with E-state index in [2.05, 4.69) is 29.8 Å². The van der Waals surface area contributed by atoms with Gasteiger partial charge < -0.3 is 5.73 Å². The largest absolute Gasteiger partial charge is 0.387 e. The Labute approximate surface area is 99.5 Å². The summed E-state index contributed by atoms with van der Waals surface area (Å²) in [5.74, 6) is 0.524. The Morgan fingerprint density at radius 2 is 1.80 bits per heavy atom. The molecule has 1 aromatic rings. The summed E-state index contributed by atoms with van der Waals surface area (Å²) in [6, 6.07) is 8.01. The molecule has 0 aliphatic rings. The van der Waals surface area contributed by atoms with Gasteiger partial charge in [0, 0.05) is 4.47 Å². The fraction of sp³-hybridized carbons (Fsp3) is 0.417. The molecule has 0 aliphatic carbocycles. The van der Waals surface area contributed by atoms with Crippen LogP contribution in [0.2, 0.25) is 0 Å². The molecule has 0 fully saturated rings. The Balaban J connectivity index is 3.22. The maximum Gasteiger partial charge on any atom is 0.101 e. The predicted molar refractivity (Wildman–Crippen MR) is 68.2 cm³/mol. The van der Waals surface area contributed by atoms with Crippen molar-refractivity contribution < 1.29 is 0 Å². The maximum absolute atomic E-state index is 7.74. The Morgan fingerprint density at radius 1 is 1.33 bits per heavy atom. The SMILES string of the molecule is CC(C)C(C)(C(=N)N)c1ccc(Br)cc1. The molecule has 1 atom stereocenters. The molecular weight excluding hydrogens is 252 g/mol. The van der Waals surface area contributed by atoms with Crippen molar-refractivity contribution in [2.45, 2.75) is 26.2 Å². The van der Waals surface area contributed by atoms with Crippen LogP contribution < -0.4 is 5.73 Å². The number of nitrogens with one attached hydrogen (secondary N) is 1. The number of amidine groups is 1. The van der Waals surface area contributed by atoms with E-state index in [9.17, 15) is 0 Å². The highest BCUT2D eigenvalue weighted by Crippen LogP contribution is 2.32. The van der Waals surface area contributed by atoms with Crippen LogP contribution in [0.3, 0.4) is 0 Å². The molecule has 1 unspecified atom stereocenters. The van der Waals surface area contributed by atoms with Crippen molar-refractivity contribution in [3.05, 3.63) is 34.3 Å². The van der Waals surface area contributed by atoms with Crippen molar-refractivity contribution in [2.75, 3.05) is 0 Å². The van der Waals surface area contributed by atoms with E-state index in [0.717, 1.165) is 10.0 Å². The van der Waals surface area contributed by atoms with E-state index in [0.29, 0.717) is 5.92 Å². The maximum atomic E-state index is 7.74. The third kappa shape index (κ3) is 2.23. The molecular formula is C12H17BrN2. The third-order valence-corrected chi connectivity index (χ3v) is 3.69. The fourth-order valence-electron chi connectivity index (χ4n) is 1.60. The molecule has 0 saturated carbocycles. The van der Waals surface area contributed by atoms with Crippen molar-refractivity contribution >= 4 is 21.8 Å². The van der Waals surface area contributed by atoms with Crippen LogP contribution in [-0.4, -0.2) is 5.84 Å². The second-order valence-corrected chi connectivity index (χ2v) is 5.19. The number of rotatable bonds is 3. The first-order chi connectivity index (χ1) is 6.89. The molecule has 0 aromatic heterocycles. The monoisotopic (exact) mass is 268 g/mol. The number of hydrogen-bond donors (Lipinski definition) is 2. The average Bonchev–Trinajstić information content (AvgIpc) is 2.17. The second kappa shape index (κ2) is 4.35. The van der Waals surface area contributed by atoms with E-state index in [4.69, 9.17) is 11.1 Å². The lowest BCUT2D eigenvalue weighted by atomic mass is 9.72. The van der Waals surface area contributed by atoms with Gasteiger partial charge in [-0.1, -0.05) is 41.9 Å². The second-order valence-electron chi connectivity index (χ2n) is 4.28. The summed E-state index contributed by atoms with van der Waals surface area (Å²) in [5.41, 5.74) is 6.43. The molecule has 0 heterocycles. The number of halogens is 1. The van der Waals surface area contributed by atoms with Gasteiger partial charge in [-0.25, -0.2) is 0 Å². The highest BCUT2D eigenvalue weighted by atomic mass is 79.9. The lowest BCUT2D eigenvalue weighted by Crippen LogP contribution is -2.42. The minimum Gasteiger partial charge on any atom is -0.387 e. The van der Waals surface area contributed by atoms with Gasteiger partial charge in [0.2, 0.25) is 0 Å². The summed E-state index contributed by atoms with van der Waals surface area (Å²) in [5, 5.41) is 7.74. The van der Waals surface area contributed by atoms with E-state index < -0.39 is 0 Å². The van der Waals surface area contributed by atoms with Crippen LogP contribution in [0.5, 0.6) is 0 Å². The molecule has 0 bridgehead atoms. The molecule has 0 saturated heterocycles. The summed E-state index contributed by atoms with van der Waals surface area (Å²) in [6.07, 6.45) is 0. The van der Waals surface area contributed by atoms with Gasteiger partial charge in [0.05, 0.1) is 5.41 Å². The van der Waals surface area contributed by atoms with E-state index >= 15 is 0 Å². The van der Waals surface area contributed by atoms with Gasteiger partial charge in [0.1, 0.15) is 5.84 Å². The van der Waals surface area contributed by atoms with Gasteiger partial charge in [-0.05, 0) is 30.5 Å². The average molecular weight is 269 g/mol. The molecule has 1 rings (SSSR count). The minimum atomic E-state index is -0.374. The standard InChI is InChI=1S/C12H17BrN2/c1-8(2)12(3,11(14)15)9-4-6-10(13)7-5-9/h4-8H,1-3H3,(H3,14,15). The lowest BCUT2D eigenvalue weighted by molar-refractivity contribution is 0.444. The van der Waals surface area contributed by atoms with Crippen LogP contribution in [0.1, 0.15) is 26.3 Å². The quantitative estimate of drug-likeness (QED) is 0.642. The third-order valence-electron chi connectivity index (χ3n) is 3.16. The topological polar surface area (TPSA) is 49.9 Å². The Morgan fingerprint density at radius 3 is 2.13 bits per heavy atom. The number of nitrogens with two attached hydrogens (primary N) is 1. The summed E-state index contributed by atoms with van der Waals surface area (Å²) in [6.45, 7) is 6.19. The summed E-state index contributed by atoms with van der Waals surface area (Å²) < 4.78 is 1.04. The molecule has 82 valence electrons. The van der Waals surface area contributed by atoms with Crippen LogP contribution in [-0.2, 0) is 5.41 Å². The van der Waals surface area contributed by atoms with Crippen molar-refractivity contribution in [1.29, 1.82) is 5.41 Å². The van der Waals surface area contributed by atoms with Gasteiger partial charge in [-0.15, -0.1) is 0 Å². The first-order valence-corrected chi connectivity index (χ1v) is 5.79. The Kier molecular flexibility index (Phi) is 3.55. The van der Waals surface area contributed by atoms with Gasteiger partial charge in [0.15, 0.2) is 0 Å². The van der Waals surface area contributed by atoms with Crippen molar-refractivity contribution in [3.63, 3.8) is 0 Å². The molecule has 1 aromatic carbocycles. The number of benzene rings is 1. The van der Waals surface area contributed by atoms with Gasteiger partial charge in [-0.2, -0.15) is 0 Å². The lowest BCUT2D eigenvalue weighted by Gasteiger charge is -2.33. The summed E-state index contributed by atoms with van der Waals surface area (Å²) in [4.78, 5) is 0. The van der Waals surface area contributed by atoms with Gasteiger partial charge in [0.25, 0.3) is 0 Å². The molecule has 3 heteroatoms. The zero-order chi connectivity index (χ0) is 11.6. The normalized spacial score (nSPS) is 15.0. The van der Waals surface area contributed by atoms with Gasteiger partial charge >= 0.3 is 0 Å². The smallest absolute Gasteiger partial charge is 0.101 e. The molecule has 0 radical (unpaired) electrons. The first-order valence-electron chi connectivity index (χ1n) is 4.99. The Bertz CT molecular complexity index is 356. The van der Waals surface area contributed by atoms with Crippen LogP contribution in [0.15, 0.2) is 28.7 Å². The summed E-state index contributed by atoms with van der Waals surface area (Å²) in [7, 11) is 0. The zero-order valence-electron chi connectivity index (χ0n) is 9.34. The van der Waals surface area contributed by atoms with Crippen LogP contribution in [0.4, 0.5) is 0 Å². The van der Waals surface area contributed by atoms with E-state index in [1.54, 1.807) is 0 Å². The van der Waals surface area contributed by atoms with E-state index in [-0.39, 0.29) is 11.3 Å². The predicted octanol–water partition coefficient (Wildman–Crippen LogP) is 3.30. The summed E-state index contributed by atoms with van der Waals surface area (Å²) >= 11 is 3.40. The minimum absolute atomic E-state index is 0.222. The Hall–Kier alpha value is -0.830. The molecule has 15 heavy (non-hydrogen) atoms. The van der Waals surface area contributed by atoms with Crippen molar-refractivity contribution in [2.24, 2.45) is 11.7 Å². The highest BCUT2D eigenvalue weighted by molar-refractivity contribution is 9.10. The molecule has 3 N–H and O–H groups in total. The zero-order valence-corrected chi connectivity index (χ0v) is 10.9. The van der Waals surface area contributed by atoms with E-state index in [1.165, 1.54) is 0 Å². The van der Waals surface area contributed by atoms with Gasteiger partial charge in [-0.3, -0.25) is 5.41 Å². The highest BCUT2D eigenvalue weighted by Gasteiger charge is 2.33. The number of hydrogen-bond acceptors (Lipinski definition) is 1. The first kappa shape index (κ1) is 12.2. The van der Waals surface area contributed by atoms with Crippen LogP contribution >= 0.6 is 15.9 Å². The van der Waals surface area contributed by atoms with Crippen molar-refractivity contribution in [3.8, 4) is 0 Å².